The second-order valence-electron chi connectivity index (χ2n) is 7.09. The number of benzene rings is 2. The molecule has 4 heteroatoms. The maximum Gasteiger partial charge on any atom is 0.307 e. The van der Waals surface area contributed by atoms with Crippen molar-refractivity contribution in [3.8, 4) is 0 Å². The van der Waals surface area contributed by atoms with Crippen molar-refractivity contribution >= 4 is 5.97 Å². The minimum Gasteiger partial charge on any atom is -0.469 e. The summed E-state index contributed by atoms with van der Waals surface area (Å²) >= 11 is 0. The number of rotatable bonds is 11. The molecule has 0 radical (unpaired) electrons. The van der Waals surface area contributed by atoms with Crippen molar-refractivity contribution in [2.24, 2.45) is 0 Å². The Morgan fingerprint density at radius 1 is 1.00 bits per heavy atom. The first-order chi connectivity index (χ1) is 13.1. The van der Waals surface area contributed by atoms with Crippen LogP contribution in [0, 0.1) is 0 Å². The molecule has 0 aliphatic heterocycles. The Balaban J connectivity index is 2.00. The van der Waals surface area contributed by atoms with Crippen LogP contribution in [-0.2, 0) is 22.6 Å². The van der Waals surface area contributed by atoms with E-state index in [0.29, 0.717) is 6.42 Å². The Morgan fingerprint density at radius 2 is 1.52 bits per heavy atom. The molecule has 2 aromatic carbocycles. The molecule has 0 aliphatic carbocycles. The molecule has 0 saturated carbocycles. The fourth-order valence-corrected chi connectivity index (χ4v) is 3.32. The molecule has 27 heavy (non-hydrogen) atoms. The average molecular weight is 369 g/mol. The van der Waals surface area contributed by atoms with E-state index >= 15 is 0 Å². The van der Waals surface area contributed by atoms with E-state index in [1.165, 1.54) is 18.2 Å². The van der Waals surface area contributed by atoms with E-state index < -0.39 is 0 Å². The van der Waals surface area contributed by atoms with Gasteiger partial charge in [-0.05, 0) is 24.5 Å². The average Bonchev–Trinajstić information content (AvgIpc) is 2.68. The van der Waals surface area contributed by atoms with Crippen LogP contribution in [0.3, 0.4) is 0 Å². The van der Waals surface area contributed by atoms with Gasteiger partial charge in [-0.25, -0.2) is 0 Å². The number of esters is 1. The Hall–Kier alpha value is -2.17. The lowest BCUT2D eigenvalue weighted by molar-refractivity contribution is -0.141. The molecule has 0 aromatic heterocycles. The first-order valence-corrected chi connectivity index (χ1v) is 9.73. The van der Waals surface area contributed by atoms with Crippen molar-refractivity contribution in [2.75, 3.05) is 13.7 Å². The van der Waals surface area contributed by atoms with E-state index in [2.05, 4.69) is 72.6 Å². The van der Waals surface area contributed by atoms with Crippen LogP contribution in [0.4, 0.5) is 0 Å². The van der Waals surface area contributed by atoms with Crippen LogP contribution in [0.1, 0.15) is 37.8 Å². The summed E-state index contributed by atoms with van der Waals surface area (Å²) in [6.45, 7) is 6.98. The van der Waals surface area contributed by atoms with Crippen molar-refractivity contribution in [3.63, 3.8) is 0 Å². The second kappa shape index (κ2) is 11.5. The predicted molar refractivity (Wildman–Crippen MR) is 110 cm³/mol. The first-order valence-electron chi connectivity index (χ1n) is 9.73. The third-order valence-electron chi connectivity index (χ3n) is 4.68. The third-order valence-corrected chi connectivity index (χ3v) is 4.68. The van der Waals surface area contributed by atoms with Gasteiger partial charge >= 0.3 is 5.97 Å². The summed E-state index contributed by atoms with van der Waals surface area (Å²) in [5.41, 5.74) is 2.62. The summed E-state index contributed by atoms with van der Waals surface area (Å²) in [5, 5.41) is 3.59. The van der Waals surface area contributed by atoms with Crippen LogP contribution in [-0.4, -0.2) is 36.6 Å². The lowest BCUT2D eigenvalue weighted by Crippen LogP contribution is -2.44. The van der Waals surface area contributed by atoms with Gasteiger partial charge < -0.3 is 10.1 Å². The largest absolute Gasteiger partial charge is 0.469 e. The Labute approximate surface area is 163 Å². The lowest BCUT2D eigenvalue weighted by Gasteiger charge is -2.29. The molecule has 1 unspecified atom stereocenters. The molecular weight excluding hydrogens is 336 g/mol. The zero-order valence-corrected chi connectivity index (χ0v) is 16.7. The van der Waals surface area contributed by atoms with Gasteiger partial charge in [-0.15, -0.1) is 0 Å². The van der Waals surface area contributed by atoms with Crippen LogP contribution in [0.5, 0.6) is 0 Å². The summed E-state index contributed by atoms with van der Waals surface area (Å²) < 4.78 is 4.81. The standard InChI is InChI=1S/C23H32N2O2/c1-4-22(15-23(26)27-3)24-19(2)16-25(17-20-11-7-5-8-12-20)18-21-13-9-6-10-14-21/h5-14,19,22,24H,4,15-18H2,1-3H3/t19-,22?/m1/s1. The van der Waals surface area contributed by atoms with Crippen LogP contribution in [0.2, 0.25) is 0 Å². The fourth-order valence-electron chi connectivity index (χ4n) is 3.32. The number of hydrogen-bond acceptors (Lipinski definition) is 4. The van der Waals surface area contributed by atoms with Gasteiger partial charge in [0.05, 0.1) is 13.5 Å². The molecule has 0 aliphatic rings. The molecule has 4 nitrogen and oxygen atoms in total. The number of ether oxygens (including phenoxy) is 1. The van der Waals surface area contributed by atoms with E-state index in [1.807, 2.05) is 12.1 Å². The van der Waals surface area contributed by atoms with E-state index in [1.54, 1.807) is 0 Å². The van der Waals surface area contributed by atoms with Crippen molar-refractivity contribution in [3.05, 3.63) is 71.8 Å². The highest BCUT2D eigenvalue weighted by Gasteiger charge is 2.17. The molecule has 146 valence electrons. The maximum atomic E-state index is 11.6. The molecule has 0 heterocycles. The Kier molecular flexibility index (Phi) is 9.02. The zero-order chi connectivity index (χ0) is 19.5. The highest BCUT2D eigenvalue weighted by Crippen LogP contribution is 2.11. The van der Waals surface area contributed by atoms with Crippen molar-refractivity contribution in [1.29, 1.82) is 0 Å². The quantitative estimate of drug-likeness (QED) is 0.609. The SMILES string of the molecule is CCC(CC(=O)OC)N[C@H](C)CN(Cc1ccccc1)Cc1ccccc1. The third kappa shape index (κ3) is 7.94. The van der Waals surface area contributed by atoms with Crippen molar-refractivity contribution < 1.29 is 9.53 Å². The minimum absolute atomic E-state index is 0.141. The number of methoxy groups -OCH3 is 1. The number of nitrogens with one attached hydrogen (secondary N) is 1. The highest BCUT2D eigenvalue weighted by molar-refractivity contribution is 5.69. The van der Waals surface area contributed by atoms with E-state index in [0.717, 1.165) is 26.1 Å². The zero-order valence-electron chi connectivity index (χ0n) is 16.7. The van der Waals surface area contributed by atoms with Gasteiger partial charge in [0, 0.05) is 31.7 Å². The highest BCUT2D eigenvalue weighted by atomic mass is 16.5. The van der Waals surface area contributed by atoms with Crippen molar-refractivity contribution in [2.45, 2.75) is 51.9 Å². The molecule has 2 rings (SSSR count). The number of nitrogens with zero attached hydrogens (tertiary/aromatic N) is 1. The maximum absolute atomic E-state index is 11.6. The predicted octanol–water partition coefficient (Wildman–Crippen LogP) is 4.01. The summed E-state index contributed by atoms with van der Waals surface area (Å²) in [4.78, 5) is 14.0. The minimum atomic E-state index is -0.160. The van der Waals surface area contributed by atoms with Gasteiger partial charge in [-0.2, -0.15) is 0 Å². The van der Waals surface area contributed by atoms with Gasteiger partial charge in [0.2, 0.25) is 0 Å². The monoisotopic (exact) mass is 368 g/mol. The smallest absolute Gasteiger partial charge is 0.307 e. The summed E-state index contributed by atoms with van der Waals surface area (Å²) in [5.74, 6) is -0.160. The number of carbonyl (C=O) groups excluding carboxylic acids is 1. The van der Waals surface area contributed by atoms with Crippen LogP contribution in [0.15, 0.2) is 60.7 Å². The molecule has 0 amide bonds. The molecule has 0 bridgehead atoms. The summed E-state index contributed by atoms with van der Waals surface area (Å²) in [6, 6.07) is 21.5. The van der Waals surface area contributed by atoms with E-state index in [4.69, 9.17) is 4.74 Å². The Bertz CT molecular complexity index is 619. The van der Waals surface area contributed by atoms with Gasteiger partial charge in [-0.1, -0.05) is 67.6 Å². The number of carbonyl (C=O) groups is 1. The van der Waals surface area contributed by atoms with Crippen LogP contribution < -0.4 is 5.32 Å². The normalized spacial score (nSPS) is 13.3. The van der Waals surface area contributed by atoms with Crippen LogP contribution in [0.25, 0.3) is 0 Å². The molecule has 1 N–H and O–H groups in total. The molecular formula is C23H32N2O2. The number of hydrogen-bond donors (Lipinski definition) is 1. The summed E-state index contributed by atoms with van der Waals surface area (Å²) in [7, 11) is 1.44. The second-order valence-corrected chi connectivity index (χ2v) is 7.09. The molecule has 0 spiro atoms. The van der Waals surface area contributed by atoms with Gasteiger partial charge in [0.15, 0.2) is 0 Å². The van der Waals surface area contributed by atoms with Crippen molar-refractivity contribution in [1.82, 2.24) is 10.2 Å². The molecule has 2 atom stereocenters. The lowest BCUT2D eigenvalue weighted by atomic mass is 10.1. The molecule has 0 saturated heterocycles. The molecule has 0 fully saturated rings. The van der Waals surface area contributed by atoms with Crippen LogP contribution >= 0.6 is 0 Å². The van der Waals surface area contributed by atoms with E-state index in [9.17, 15) is 4.79 Å². The fraction of sp³-hybridized carbons (Fsp3) is 0.435. The summed E-state index contributed by atoms with van der Waals surface area (Å²) in [6.07, 6.45) is 1.31. The van der Waals surface area contributed by atoms with Gasteiger partial charge in [0.1, 0.15) is 0 Å². The topological polar surface area (TPSA) is 41.6 Å². The van der Waals surface area contributed by atoms with Gasteiger partial charge in [0.25, 0.3) is 0 Å². The van der Waals surface area contributed by atoms with E-state index in [-0.39, 0.29) is 18.1 Å². The molecule has 2 aromatic rings. The Morgan fingerprint density at radius 3 is 1.96 bits per heavy atom. The van der Waals surface area contributed by atoms with Gasteiger partial charge in [-0.3, -0.25) is 9.69 Å². The first kappa shape index (κ1) is 21.1.